The van der Waals surface area contributed by atoms with E-state index in [1.54, 1.807) is 12.3 Å². The lowest BCUT2D eigenvalue weighted by Gasteiger charge is -2.28. The molecule has 0 amide bonds. The summed E-state index contributed by atoms with van der Waals surface area (Å²) in [5.74, 6) is -0.0734. The van der Waals surface area contributed by atoms with Crippen LogP contribution in [-0.2, 0) is 9.84 Å². The molecule has 0 saturated carbocycles. The lowest BCUT2D eigenvalue weighted by Crippen LogP contribution is -2.40. The van der Waals surface area contributed by atoms with Crippen molar-refractivity contribution in [3.8, 4) is 27.1 Å². The summed E-state index contributed by atoms with van der Waals surface area (Å²) < 4.78 is 36.5. The van der Waals surface area contributed by atoms with Gasteiger partial charge in [0.25, 0.3) is 0 Å². The molecule has 0 aliphatic carbocycles. The number of hydrogen-bond donors (Lipinski definition) is 0. The van der Waals surface area contributed by atoms with Gasteiger partial charge in [-0.3, -0.25) is 0 Å². The second-order valence-corrected chi connectivity index (χ2v) is 9.85. The predicted octanol–water partition coefficient (Wildman–Crippen LogP) is 3.72. The van der Waals surface area contributed by atoms with Crippen LogP contribution in [0, 0.1) is 17.1 Å². The van der Waals surface area contributed by atoms with Gasteiger partial charge < -0.3 is 4.90 Å². The molecule has 1 saturated heterocycles. The van der Waals surface area contributed by atoms with Crippen LogP contribution in [0.3, 0.4) is 0 Å². The van der Waals surface area contributed by atoms with Gasteiger partial charge in [-0.25, -0.2) is 17.8 Å². The summed E-state index contributed by atoms with van der Waals surface area (Å²) in [5, 5.41) is 9.90. The highest BCUT2D eigenvalue weighted by Crippen LogP contribution is 2.34. The second kappa shape index (κ2) is 7.34. The van der Waals surface area contributed by atoms with E-state index in [4.69, 9.17) is 0 Å². The van der Waals surface area contributed by atoms with Crippen LogP contribution in [0.4, 0.5) is 10.1 Å². The minimum absolute atomic E-state index is 0.186. The first kappa shape index (κ1) is 18.6. The Bertz CT molecular complexity index is 1150. The summed E-state index contributed by atoms with van der Waals surface area (Å²) in [7, 11) is -2.90. The molecule has 1 aliphatic heterocycles. The van der Waals surface area contributed by atoms with E-state index in [1.807, 2.05) is 30.3 Å². The lowest BCUT2D eigenvalue weighted by molar-refractivity contribution is 0.587. The fraction of sp³-hybridized carbons (Fsp3) is 0.200. The molecular formula is C20H16FN3O2S2. The van der Waals surface area contributed by atoms with Gasteiger partial charge in [-0.15, -0.1) is 11.3 Å². The highest BCUT2D eigenvalue weighted by Gasteiger charge is 2.21. The fourth-order valence-electron chi connectivity index (χ4n) is 3.13. The topological polar surface area (TPSA) is 74.1 Å². The first-order valence-corrected chi connectivity index (χ1v) is 11.3. The Hall–Kier alpha value is -2.76. The molecule has 142 valence electrons. The molecule has 0 radical (unpaired) electrons. The quantitative estimate of drug-likeness (QED) is 0.654. The zero-order valence-electron chi connectivity index (χ0n) is 14.8. The monoisotopic (exact) mass is 413 g/mol. The van der Waals surface area contributed by atoms with Crippen molar-refractivity contribution in [2.75, 3.05) is 29.5 Å². The van der Waals surface area contributed by atoms with Crippen LogP contribution in [0.1, 0.15) is 5.56 Å². The Morgan fingerprint density at radius 1 is 1.11 bits per heavy atom. The van der Waals surface area contributed by atoms with Crippen molar-refractivity contribution in [2.45, 2.75) is 0 Å². The minimum atomic E-state index is -2.90. The zero-order valence-corrected chi connectivity index (χ0v) is 16.4. The second-order valence-electron chi connectivity index (χ2n) is 6.52. The van der Waals surface area contributed by atoms with E-state index in [2.05, 4.69) is 9.88 Å². The van der Waals surface area contributed by atoms with Gasteiger partial charge in [-0.2, -0.15) is 5.26 Å². The van der Waals surface area contributed by atoms with Crippen molar-refractivity contribution in [2.24, 2.45) is 0 Å². The predicted molar refractivity (Wildman–Crippen MR) is 109 cm³/mol. The number of benzene rings is 2. The van der Waals surface area contributed by atoms with E-state index in [0.717, 1.165) is 16.1 Å². The summed E-state index contributed by atoms with van der Waals surface area (Å²) in [6, 6.07) is 14.0. The number of thiazole rings is 1. The van der Waals surface area contributed by atoms with Crippen LogP contribution < -0.4 is 4.90 Å². The third-order valence-corrected chi connectivity index (χ3v) is 7.39. The maximum absolute atomic E-state index is 13.3. The molecule has 0 bridgehead atoms. The molecule has 0 atom stereocenters. The number of anilines is 1. The Morgan fingerprint density at radius 2 is 1.82 bits per heavy atom. The third-order valence-electron chi connectivity index (χ3n) is 4.70. The molecule has 2 heterocycles. The van der Waals surface area contributed by atoms with Gasteiger partial charge in [-0.1, -0.05) is 12.1 Å². The molecule has 0 unspecified atom stereocenters. The number of aromatic nitrogens is 1. The maximum atomic E-state index is 13.3. The normalized spacial score (nSPS) is 15.9. The van der Waals surface area contributed by atoms with E-state index >= 15 is 0 Å². The van der Waals surface area contributed by atoms with E-state index in [1.165, 1.54) is 23.5 Å². The summed E-state index contributed by atoms with van der Waals surface area (Å²) in [6.07, 6.45) is 1.74. The number of halogens is 1. The standard InChI is InChI=1S/C20H16FN3O2S2/c21-16-3-6-18(15(11-16)12-22)20-23-13-19(27-20)14-1-4-17(5-2-14)24-7-9-28(25,26)10-8-24/h1-6,11,13H,7-10H2. The molecule has 28 heavy (non-hydrogen) atoms. The van der Waals surface area contributed by atoms with Crippen molar-refractivity contribution in [1.82, 2.24) is 4.98 Å². The number of rotatable bonds is 3. The Kier molecular flexibility index (Phi) is 4.87. The SMILES string of the molecule is N#Cc1cc(F)ccc1-c1ncc(-c2ccc(N3CCS(=O)(=O)CC3)cc2)s1. The summed E-state index contributed by atoms with van der Waals surface area (Å²) in [6.45, 7) is 1.02. The molecule has 4 rings (SSSR count). The van der Waals surface area contributed by atoms with Crippen molar-refractivity contribution in [3.63, 3.8) is 0 Å². The van der Waals surface area contributed by atoms with Gasteiger partial charge in [0.05, 0.1) is 28.0 Å². The fourth-order valence-corrected chi connectivity index (χ4v) is 5.30. The molecule has 1 aliphatic rings. The van der Waals surface area contributed by atoms with E-state index < -0.39 is 15.7 Å². The number of nitrogens with zero attached hydrogens (tertiary/aromatic N) is 3. The van der Waals surface area contributed by atoms with Gasteiger partial charge in [-0.05, 0) is 35.9 Å². The van der Waals surface area contributed by atoms with Gasteiger partial charge in [0.2, 0.25) is 0 Å². The van der Waals surface area contributed by atoms with Gasteiger partial charge in [0.15, 0.2) is 9.84 Å². The highest BCUT2D eigenvalue weighted by molar-refractivity contribution is 7.91. The molecule has 0 N–H and O–H groups in total. The lowest BCUT2D eigenvalue weighted by atomic mass is 10.1. The van der Waals surface area contributed by atoms with E-state index in [9.17, 15) is 18.1 Å². The molecule has 1 aromatic heterocycles. The van der Waals surface area contributed by atoms with Crippen LogP contribution in [0.25, 0.3) is 21.0 Å². The van der Waals surface area contributed by atoms with Gasteiger partial charge >= 0.3 is 0 Å². The molecule has 8 heteroatoms. The van der Waals surface area contributed by atoms with Crippen molar-refractivity contribution < 1.29 is 12.8 Å². The first-order chi connectivity index (χ1) is 13.4. The third kappa shape index (κ3) is 3.77. The average Bonchev–Trinajstić information content (AvgIpc) is 3.18. The van der Waals surface area contributed by atoms with Crippen LogP contribution in [0.2, 0.25) is 0 Å². The van der Waals surface area contributed by atoms with Crippen LogP contribution in [-0.4, -0.2) is 38.0 Å². The molecule has 0 spiro atoms. The minimum Gasteiger partial charge on any atom is -0.369 e. The summed E-state index contributed by atoms with van der Waals surface area (Å²) in [4.78, 5) is 7.41. The van der Waals surface area contributed by atoms with Gasteiger partial charge in [0, 0.05) is 30.5 Å². The molecule has 5 nitrogen and oxygen atoms in total. The number of sulfone groups is 1. The zero-order chi connectivity index (χ0) is 19.7. The molecular weight excluding hydrogens is 397 g/mol. The Labute approximate surface area is 166 Å². The van der Waals surface area contributed by atoms with Crippen LogP contribution in [0.15, 0.2) is 48.7 Å². The maximum Gasteiger partial charge on any atom is 0.153 e. The summed E-state index contributed by atoms with van der Waals surface area (Å²) >= 11 is 1.44. The van der Waals surface area contributed by atoms with E-state index in [0.29, 0.717) is 23.7 Å². The first-order valence-electron chi connectivity index (χ1n) is 8.67. The molecule has 1 fully saturated rings. The smallest absolute Gasteiger partial charge is 0.153 e. The Balaban J connectivity index is 1.56. The summed E-state index contributed by atoms with van der Waals surface area (Å²) in [5.41, 5.74) is 2.86. The number of nitriles is 1. The Morgan fingerprint density at radius 3 is 2.50 bits per heavy atom. The molecule has 2 aromatic carbocycles. The van der Waals surface area contributed by atoms with Crippen molar-refractivity contribution >= 4 is 26.9 Å². The average molecular weight is 413 g/mol. The largest absolute Gasteiger partial charge is 0.369 e. The molecule has 3 aromatic rings. The van der Waals surface area contributed by atoms with E-state index in [-0.39, 0.29) is 17.1 Å². The highest BCUT2D eigenvalue weighted by atomic mass is 32.2. The number of hydrogen-bond acceptors (Lipinski definition) is 6. The van der Waals surface area contributed by atoms with Crippen LogP contribution in [0.5, 0.6) is 0 Å². The van der Waals surface area contributed by atoms with Gasteiger partial charge in [0.1, 0.15) is 10.8 Å². The van der Waals surface area contributed by atoms with Crippen molar-refractivity contribution in [3.05, 3.63) is 60.0 Å². The van der Waals surface area contributed by atoms with Crippen LogP contribution >= 0.6 is 11.3 Å². The van der Waals surface area contributed by atoms with Crippen molar-refractivity contribution in [1.29, 1.82) is 5.26 Å².